The van der Waals surface area contributed by atoms with Gasteiger partial charge >= 0.3 is 17.9 Å². The van der Waals surface area contributed by atoms with E-state index in [0.29, 0.717) is 12.8 Å². The second-order valence-corrected chi connectivity index (χ2v) is 5.23. The molecule has 0 aromatic rings. The average molecular weight is 287 g/mol. The van der Waals surface area contributed by atoms with Gasteiger partial charge in [0.1, 0.15) is 0 Å². The van der Waals surface area contributed by atoms with Crippen LogP contribution in [0.1, 0.15) is 45.4 Å². The van der Waals surface area contributed by atoms with E-state index >= 15 is 0 Å². The van der Waals surface area contributed by atoms with Gasteiger partial charge in [-0.1, -0.05) is 19.3 Å². The Morgan fingerprint density at radius 3 is 2.20 bits per heavy atom. The first kappa shape index (κ1) is 16.4. The fraction of sp³-hybridized carbons (Fsp3) is 0.769. The maximum Gasteiger partial charge on any atom is 0.366 e. The summed E-state index contributed by atoms with van der Waals surface area (Å²) < 4.78 is 9.68. The lowest BCUT2D eigenvalue weighted by molar-refractivity contribution is -0.203. The SMILES string of the molecule is COC(=O)C(N)(OC(C)=O)C1(CC(=O)O)CCCCC1. The van der Waals surface area contributed by atoms with E-state index in [1.54, 1.807) is 0 Å². The lowest BCUT2D eigenvalue weighted by Gasteiger charge is -2.46. The van der Waals surface area contributed by atoms with E-state index in [1.807, 2.05) is 0 Å². The van der Waals surface area contributed by atoms with Crippen molar-refractivity contribution in [2.24, 2.45) is 11.1 Å². The third kappa shape index (κ3) is 3.09. The number of methoxy groups -OCH3 is 1. The van der Waals surface area contributed by atoms with Crippen LogP contribution in [0.25, 0.3) is 0 Å². The number of carbonyl (C=O) groups excluding carboxylic acids is 2. The topological polar surface area (TPSA) is 116 Å². The van der Waals surface area contributed by atoms with Crippen LogP contribution in [0.15, 0.2) is 0 Å². The van der Waals surface area contributed by atoms with Crippen LogP contribution in [-0.4, -0.2) is 35.8 Å². The second kappa shape index (κ2) is 6.21. The second-order valence-electron chi connectivity index (χ2n) is 5.23. The van der Waals surface area contributed by atoms with Gasteiger partial charge in [-0.25, -0.2) is 4.79 Å². The van der Waals surface area contributed by atoms with E-state index in [2.05, 4.69) is 4.74 Å². The molecule has 20 heavy (non-hydrogen) atoms. The molecule has 0 spiro atoms. The molecule has 0 aromatic heterocycles. The minimum absolute atomic E-state index is 0.341. The van der Waals surface area contributed by atoms with E-state index in [9.17, 15) is 14.4 Å². The summed E-state index contributed by atoms with van der Waals surface area (Å²) in [5.74, 6) is -2.75. The first-order valence-corrected chi connectivity index (χ1v) is 6.56. The average Bonchev–Trinajstić information content (AvgIpc) is 2.37. The molecule has 1 atom stereocenters. The molecular formula is C13H21NO6. The van der Waals surface area contributed by atoms with E-state index < -0.39 is 29.0 Å². The Balaban J connectivity index is 3.25. The van der Waals surface area contributed by atoms with Crippen molar-refractivity contribution in [2.75, 3.05) is 7.11 Å². The predicted molar refractivity (Wildman–Crippen MR) is 68.5 cm³/mol. The van der Waals surface area contributed by atoms with Crippen molar-refractivity contribution in [1.82, 2.24) is 0 Å². The number of ether oxygens (including phenoxy) is 2. The van der Waals surface area contributed by atoms with E-state index in [0.717, 1.165) is 33.3 Å². The molecule has 1 unspecified atom stereocenters. The standard InChI is InChI=1S/C13H21NO6/c1-9(15)20-13(14,11(18)19-2)12(8-10(16)17)6-4-3-5-7-12/h3-8,14H2,1-2H3,(H,16,17). The highest BCUT2D eigenvalue weighted by Crippen LogP contribution is 2.47. The maximum absolute atomic E-state index is 12.0. The van der Waals surface area contributed by atoms with Crippen molar-refractivity contribution in [3.05, 3.63) is 0 Å². The first-order valence-electron chi connectivity index (χ1n) is 6.56. The third-order valence-electron chi connectivity index (χ3n) is 3.88. The maximum atomic E-state index is 12.0. The van der Waals surface area contributed by atoms with Gasteiger partial charge in [0.15, 0.2) is 0 Å². The number of nitrogens with two attached hydrogens (primary N) is 1. The van der Waals surface area contributed by atoms with Gasteiger partial charge in [0.2, 0.25) is 0 Å². The molecule has 1 saturated carbocycles. The smallest absolute Gasteiger partial charge is 0.366 e. The lowest BCUT2D eigenvalue weighted by atomic mass is 9.65. The fourth-order valence-electron chi connectivity index (χ4n) is 2.94. The molecule has 0 bridgehead atoms. The molecule has 3 N–H and O–H groups in total. The molecule has 114 valence electrons. The Bertz CT molecular complexity index is 402. The summed E-state index contributed by atoms with van der Waals surface area (Å²) in [5.41, 5.74) is 2.84. The van der Waals surface area contributed by atoms with Crippen LogP contribution < -0.4 is 5.73 Å². The highest BCUT2D eigenvalue weighted by molar-refractivity contribution is 5.84. The highest BCUT2D eigenvalue weighted by Gasteiger charge is 2.59. The van der Waals surface area contributed by atoms with Gasteiger partial charge < -0.3 is 14.6 Å². The number of rotatable bonds is 5. The number of carboxylic acid groups (broad SMARTS) is 1. The fourth-order valence-corrected chi connectivity index (χ4v) is 2.94. The Morgan fingerprint density at radius 1 is 1.25 bits per heavy atom. The van der Waals surface area contributed by atoms with Crippen molar-refractivity contribution in [3.63, 3.8) is 0 Å². The van der Waals surface area contributed by atoms with Gasteiger partial charge in [0.05, 0.1) is 13.5 Å². The van der Waals surface area contributed by atoms with Crippen molar-refractivity contribution in [1.29, 1.82) is 0 Å². The van der Waals surface area contributed by atoms with Crippen LogP contribution in [-0.2, 0) is 23.9 Å². The van der Waals surface area contributed by atoms with Crippen molar-refractivity contribution < 1.29 is 29.0 Å². The molecule has 7 heteroatoms. The van der Waals surface area contributed by atoms with Gasteiger partial charge in [-0.3, -0.25) is 15.3 Å². The summed E-state index contributed by atoms with van der Waals surface area (Å²) in [5, 5.41) is 9.13. The lowest BCUT2D eigenvalue weighted by Crippen LogP contribution is -2.65. The van der Waals surface area contributed by atoms with Crippen molar-refractivity contribution in [3.8, 4) is 0 Å². The number of hydrogen-bond acceptors (Lipinski definition) is 6. The summed E-state index contributed by atoms with van der Waals surface area (Å²) >= 11 is 0. The zero-order valence-electron chi connectivity index (χ0n) is 11.8. The Labute approximate surface area is 117 Å². The number of carbonyl (C=O) groups is 3. The predicted octanol–water partition coefficient (Wildman–Crippen LogP) is 0.803. The molecule has 0 radical (unpaired) electrons. The molecule has 0 aromatic carbocycles. The molecule has 1 fully saturated rings. The zero-order chi connectivity index (χ0) is 15.4. The van der Waals surface area contributed by atoms with Gasteiger partial charge in [0.25, 0.3) is 5.72 Å². The number of esters is 2. The van der Waals surface area contributed by atoms with Gasteiger partial charge in [0, 0.05) is 12.3 Å². The van der Waals surface area contributed by atoms with Crippen LogP contribution in [0.3, 0.4) is 0 Å². The number of carboxylic acids is 1. The molecule has 0 amide bonds. The van der Waals surface area contributed by atoms with Crippen molar-refractivity contribution >= 4 is 17.9 Å². The zero-order valence-corrected chi connectivity index (χ0v) is 11.8. The Kier molecular flexibility index (Phi) is 5.10. The monoisotopic (exact) mass is 287 g/mol. The van der Waals surface area contributed by atoms with Crippen LogP contribution in [0.2, 0.25) is 0 Å². The molecule has 0 heterocycles. The molecule has 1 rings (SSSR count). The van der Waals surface area contributed by atoms with Crippen LogP contribution in [0, 0.1) is 5.41 Å². The molecule has 0 saturated heterocycles. The number of hydrogen-bond donors (Lipinski definition) is 2. The van der Waals surface area contributed by atoms with Crippen LogP contribution in [0.4, 0.5) is 0 Å². The van der Waals surface area contributed by atoms with Gasteiger partial charge in [-0.05, 0) is 12.8 Å². The van der Waals surface area contributed by atoms with Crippen LogP contribution in [0.5, 0.6) is 0 Å². The van der Waals surface area contributed by atoms with Crippen molar-refractivity contribution in [2.45, 2.75) is 51.2 Å². The molecule has 1 aliphatic rings. The highest BCUT2D eigenvalue weighted by atomic mass is 16.6. The van der Waals surface area contributed by atoms with Gasteiger partial charge in [-0.15, -0.1) is 0 Å². The summed E-state index contributed by atoms with van der Waals surface area (Å²) in [4.78, 5) is 34.5. The minimum atomic E-state index is -2.06. The Morgan fingerprint density at radius 2 is 1.80 bits per heavy atom. The van der Waals surface area contributed by atoms with Crippen LogP contribution >= 0.6 is 0 Å². The third-order valence-corrected chi connectivity index (χ3v) is 3.88. The van der Waals surface area contributed by atoms with E-state index in [4.69, 9.17) is 15.6 Å². The summed E-state index contributed by atoms with van der Waals surface area (Å²) in [6.45, 7) is 1.13. The summed E-state index contributed by atoms with van der Waals surface area (Å²) in [6, 6.07) is 0. The summed E-state index contributed by atoms with van der Waals surface area (Å²) in [7, 11) is 1.13. The molecule has 0 aliphatic heterocycles. The quantitative estimate of drug-likeness (QED) is 0.567. The number of aliphatic carboxylic acids is 1. The molecule has 1 aliphatic carbocycles. The minimum Gasteiger partial charge on any atom is -0.481 e. The summed E-state index contributed by atoms with van der Waals surface area (Å²) in [6.07, 6.45) is 2.84. The van der Waals surface area contributed by atoms with E-state index in [1.165, 1.54) is 0 Å². The Hall–Kier alpha value is -1.63. The molecule has 7 nitrogen and oxygen atoms in total. The normalized spacial score (nSPS) is 20.6. The van der Waals surface area contributed by atoms with Gasteiger partial charge in [-0.2, -0.15) is 0 Å². The largest absolute Gasteiger partial charge is 0.481 e. The molecular weight excluding hydrogens is 266 g/mol. The van der Waals surface area contributed by atoms with E-state index in [-0.39, 0.29) is 6.42 Å². The first-order chi connectivity index (χ1) is 9.27.